The summed E-state index contributed by atoms with van der Waals surface area (Å²) in [6.45, 7) is 11.1. The highest BCUT2D eigenvalue weighted by Crippen LogP contribution is 1.98. The van der Waals surface area contributed by atoms with Crippen molar-refractivity contribution in [2.45, 2.75) is 27.7 Å². The Labute approximate surface area is 111 Å². The summed E-state index contributed by atoms with van der Waals surface area (Å²) >= 11 is 0. The van der Waals surface area contributed by atoms with Crippen molar-refractivity contribution < 1.29 is 14.4 Å². The predicted octanol–water partition coefficient (Wildman–Crippen LogP) is 1.29. The summed E-state index contributed by atoms with van der Waals surface area (Å²) in [7, 11) is 1.80. The average molecular weight is 260 g/mol. The van der Waals surface area contributed by atoms with E-state index in [0.29, 0.717) is 32.3 Å². The minimum atomic E-state index is 0.0403. The molecule has 0 saturated heterocycles. The number of carbonyl (C=O) groups excluding carboxylic acids is 1. The summed E-state index contributed by atoms with van der Waals surface area (Å²) in [6, 6.07) is 0. The third-order valence-electron chi connectivity index (χ3n) is 2.36. The normalized spacial score (nSPS) is 11.3. The number of nitrogens with zero attached hydrogens (tertiary/aromatic N) is 1. The Morgan fingerprint density at radius 2 is 1.83 bits per heavy atom. The van der Waals surface area contributed by atoms with E-state index < -0.39 is 0 Å². The van der Waals surface area contributed by atoms with E-state index in [1.807, 2.05) is 13.8 Å². The van der Waals surface area contributed by atoms with Crippen LogP contribution in [0.3, 0.4) is 0 Å². The molecule has 108 valence electrons. The van der Waals surface area contributed by atoms with E-state index in [-0.39, 0.29) is 11.8 Å². The van der Waals surface area contributed by atoms with Crippen LogP contribution in [0.4, 0.5) is 0 Å². The van der Waals surface area contributed by atoms with Gasteiger partial charge in [-0.1, -0.05) is 27.7 Å². The molecule has 0 rings (SSSR count). The molecule has 0 aliphatic heterocycles. The summed E-state index contributed by atoms with van der Waals surface area (Å²) in [5.41, 5.74) is 2.87. The van der Waals surface area contributed by atoms with Crippen molar-refractivity contribution in [2.75, 3.05) is 40.0 Å². The second-order valence-electron chi connectivity index (χ2n) is 5.12. The number of hydrogen-bond acceptors (Lipinski definition) is 4. The van der Waals surface area contributed by atoms with E-state index in [9.17, 15) is 4.79 Å². The first-order valence-corrected chi connectivity index (χ1v) is 6.62. The molecule has 5 heteroatoms. The van der Waals surface area contributed by atoms with Crippen LogP contribution in [0.15, 0.2) is 0 Å². The SMILES string of the molecule is CC(C)CNOCCOCCN(C)C(=O)C(C)C. The zero-order chi connectivity index (χ0) is 14.0. The minimum absolute atomic E-state index is 0.0403. The second-order valence-corrected chi connectivity index (χ2v) is 5.12. The van der Waals surface area contributed by atoms with Crippen molar-refractivity contribution in [3.05, 3.63) is 0 Å². The lowest BCUT2D eigenvalue weighted by Gasteiger charge is -2.19. The van der Waals surface area contributed by atoms with E-state index in [2.05, 4.69) is 19.3 Å². The second kappa shape index (κ2) is 10.3. The molecule has 0 aliphatic carbocycles. The molecular weight excluding hydrogens is 232 g/mol. The molecule has 0 radical (unpaired) electrons. The highest BCUT2D eigenvalue weighted by Gasteiger charge is 2.11. The minimum Gasteiger partial charge on any atom is -0.377 e. The molecular formula is C13H28N2O3. The van der Waals surface area contributed by atoms with Gasteiger partial charge in [0.15, 0.2) is 0 Å². The Balaban J connectivity index is 3.33. The Hall–Kier alpha value is -0.650. The smallest absolute Gasteiger partial charge is 0.224 e. The number of hydrogen-bond donors (Lipinski definition) is 1. The Morgan fingerprint density at radius 3 is 2.39 bits per heavy atom. The van der Waals surface area contributed by atoms with E-state index >= 15 is 0 Å². The molecule has 0 atom stereocenters. The molecule has 0 unspecified atom stereocenters. The maximum Gasteiger partial charge on any atom is 0.224 e. The topological polar surface area (TPSA) is 50.8 Å². The number of hydroxylamine groups is 1. The molecule has 0 heterocycles. The molecule has 5 nitrogen and oxygen atoms in total. The van der Waals surface area contributed by atoms with E-state index in [1.165, 1.54) is 0 Å². The molecule has 0 saturated carbocycles. The van der Waals surface area contributed by atoms with Crippen molar-refractivity contribution >= 4 is 5.91 Å². The van der Waals surface area contributed by atoms with Crippen molar-refractivity contribution in [2.24, 2.45) is 11.8 Å². The van der Waals surface area contributed by atoms with Crippen LogP contribution in [-0.4, -0.2) is 50.8 Å². The summed E-state index contributed by atoms with van der Waals surface area (Å²) < 4.78 is 5.38. The van der Waals surface area contributed by atoms with Gasteiger partial charge >= 0.3 is 0 Å². The molecule has 0 aliphatic rings. The predicted molar refractivity (Wildman–Crippen MR) is 72.1 cm³/mol. The molecule has 1 N–H and O–H groups in total. The number of ether oxygens (including phenoxy) is 1. The molecule has 1 amide bonds. The number of carbonyl (C=O) groups is 1. The summed E-state index contributed by atoms with van der Waals surface area (Å²) in [4.78, 5) is 18.4. The van der Waals surface area contributed by atoms with E-state index in [4.69, 9.17) is 9.57 Å². The van der Waals surface area contributed by atoms with Gasteiger partial charge in [0.05, 0.1) is 19.8 Å². The Morgan fingerprint density at radius 1 is 1.17 bits per heavy atom. The lowest BCUT2D eigenvalue weighted by atomic mass is 10.2. The first-order valence-electron chi connectivity index (χ1n) is 6.62. The van der Waals surface area contributed by atoms with Gasteiger partial charge < -0.3 is 9.64 Å². The zero-order valence-electron chi connectivity index (χ0n) is 12.4. The summed E-state index contributed by atoms with van der Waals surface area (Å²) in [6.07, 6.45) is 0. The molecule has 0 spiro atoms. The molecule has 0 bridgehead atoms. The van der Waals surface area contributed by atoms with Crippen LogP contribution in [-0.2, 0) is 14.4 Å². The van der Waals surface area contributed by atoms with Crippen molar-refractivity contribution in [3.8, 4) is 0 Å². The third kappa shape index (κ3) is 9.39. The molecule has 0 aromatic rings. The third-order valence-corrected chi connectivity index (χ3v) is 2.36. The Bertz CT molecular complexity index is 220. The molecule has 0 fully saturated rings. The van der Waals surface area contributed by atoms with E-state index in [0.717, 1.165) is 6.54 Å². The first kappa shape index (κ1) is 17.4. The van der Waals surface area contributed by atoms with Gasteiger partial charge in [0, 0.05) is 26.1 Å². The van der Waals surface area contributed by atoms with Crippen LogP contribution in [0.1, 0.15) is 27.7 Å². The van der Waals surface area contributed by atoms with Crippen LogP contribution < -0.4 is 5.48 Å². The molecule has 0 aromatic carbocycles. The van der Waals surface area contributed by atoms with Gasteiger partial charge in [-0.3, -0.25) is 9.63 Å². The van der Waals surface area contributed by atoms with Gasteiger partial charge in [-0.25, -0.2) is 5.48 Å². The van der Waals surface area contributed by atoms with Crippen LogP contribution in [0.25, 0.3) is 0 Å². The maximum absolute atomic E-state index is 11.5. The number of amides is 1. The number of nitrogens with one attached hydrogen (secondary N) is 1. The fourth-order valence-electron chi connectivity index (χ4n) is 1.25. The van der Waals surface area contributed by atoms with Crippen molar-refractivity contribution in [1.29, 1.82) is 0 Å². The van der Waals surface area contributed by atoms with Crippen LogP contribution in [0.5, 0.6) is 0 Å². The fourth-order valence-corrected chi connectivity index (χ4v) is 1.25. The first-order chi connectivity index (χ1) is 8.45. The maximum atomic E-state index is 11.5. The fraction of sp³-hybridized carbons (Fsp3) is 0.923. The van der Waals surface area contributed by atoms with Gasteiger partial charge in [-0.2, -0.15) is 0 Å². The van der Waals surface area contributed by atoms with Crippen molar-refractivity contribution in [3.63, 3.8) is 0 Å². The van der Waals surface area contributed by atoms with Gasteiger partial charge in [0.25, 0.3) is 0 Å². The lowest BCUT2D eigenvalue weighted by Crippen LogP contribution is -2.33. The molecule has 0 aromatic heterocycles. The standard InChI is InChI=1S/C13H28N2O3/c1-11(2)10-14-18-9-8-17-7-6-15(5)13(16)12(3)4/h11-12,14H,6-10H2,1-5H3. The van der Waals surface area contributed by atoms with Gasteiger partial charge in [0.2, 0.25) is 5.91 Å². The highest BCUT2D eigenvalue weighted by atomic mass is 16.7. The van der Waals surface area contributed by atoms with Gasteiger partial charge in [-0.05, 0) is 5.92 Å². The van der Waals surface area contributed by atoms with Gasteiger partial charge in [0.1, 0.15) is 0 Å². The van der Waals surface area contributed by atoms with Crippen LogP contribution in [0.2, 0.25) is 0 Å². The highest BCUT2D eigenvalue weighted by molar-refractivity contribution is 5.77. The monoisotopic (exact) mass is 260 g/mol. The quantitative estimate of drug-likeness (QED) is 0.475. The van der Waals surface area contributed by atoms with Crippen molar-refractivity contribution in [1.82, 2.24) is 10.4 Å². The van der Waals surface area contributed by atoms with Crippen LogP contribution >= 0.6 is 0 Å². The van der Waals surface area contributed by atoms with E-state index in [1.54, 1.807) is 11.9 Å². The molecule has 18 heavy (non-hydrogen) atoms. The lowest BCUT2D eigenvalue weighted by molar-refractivity contribution is -0.133. The summed E-state index contributed by atoms with van der Waals surface area (Å²) in [5.74, 6) is 0.758. The summed E-state index contributed by atoms with van der Waals surface area (Å²) in [5, 5.41) is 0. The Kier molecular flexibility index (Phi) is 9.92. The average Bonchev–Trinajstić information content (AvgIpc) is 2.30. The zero-order valence-corrected chi connectivity index (χ0v) is 12.4. The van der Waals surface area contributed by atoms with Crippen LogP contribution in [0, 0.1) is 11.8 Å². The number of rotatable bonds is 10. The van der Waals surface area contributed by atoms with Gasteiger partial charge in [-0.15, -0.1) is 0 Å². The number of likely N-dealkylation sites (N-methyl/N-ethyl adjacent to an activating group) is 1. The largest absolute Gasteiger partial charge is 0.377 e.